The number of alkyl halides is 3. The van der Waals surface area contributed by atoms with Crippen molar-refractivity contribution >= 4 is 64.7 Å². The fourth-order valence-corrected chi connectivity index (χ4v) is 12.2. The smallest absolute Gasteiger partial charge is 0.393 e. The molecule has 0 saturated carbocycles. The second kappa shape index (κ2) is 34.1. The van der Waals surface area contributed by atoms with Gasteiger partial charge in [0.2, 0.25) is 53.2 Å². The minimum atomic E-state index is -4.68. The van der Waals surface area contributed by atoms with Gasteiger partial charge in [-0.3, -0.25) is 52.7 Å². The zero-order valence-corrected chi connectivity index (χ0v) is 57.7. The molecule has 92 heavy (non-hydrogen) atoms. The van der Waals surface area contributed by atoms with Gasteiger partial charge in [-0.2, -0.15) is 13.2 Å². The van der Waals surface area contributed by atoms with E-state index in [9.17, 15) is 71.3 Å². The van der Waals surface area contributed by atoms with Crippen LogP contribution in [-0.4, -0.2) is 176 Å². The van der Waals surface area contributed by atoms with Gasteiger partial charge >= 0.3 is 6.18 Å². The first-order valence-corrected chi connectivity index (χ1v) is 32.6. The lowest BCUT2D eigenvalue weighted by atomic mass is 9.76. The third-order valence-corrected chi connectivity index (χ3v) is 18.1. The first-order chi connectivity index (χ1) is 42.4. The second-order valence-electron chi connectivity index (χ2n) is 28.6. The number of amides is 9. The molecule has 2 fully saturated rings. The van der Waals surface area contributed by atoms with Crippen LogP contribution in [-0.2, 0) is 65.3 Å². The van der Waals surface area contributed by atoms with Gasteiger partial charge in [0.25, 0.3) is 0 Å². The van der Waals surface area contributed by atoms with Crippen molar-refractivity contribution in [1.82, 2.24) is 46.6 Å². The van der Waals surface area contributed by atoms with Gasteiger partial charge in [0.1, 0.15) is 41.5 Å². The number of halogens is 3. The summed E-state index contributed by atoms with van der Waals surface area (Å²) in [6.07, 6.45) is -7.49. The molecule has 25 heteroatoms. The summed E-state index contributed by atoms with van der Waals surface area (Å²) in [4.78, 5) is 162. The van der Waals surface area contributed by atoms with E-state index in [1.54, 1.807) is 41.5 Å². The predicted octanol–water partition coefficient (Wildman–Crippen LogP) is 5.56. The lowest BCUT2D eigenvalue weighted by molar-refractivity contribution is -0.149. The average Bonchev–Trinajstić information content (AvgIpc) is 1.11. The Balaban J connectivity index is 2.19. The van der Waals surface area contributed by atoms with Gasteiger partial charge in [-0.25, -0.2) is 0 Å². The van der Waals surface area contributed by atoms with Crippen LogP contribution >= 0.6 is 0 Å². The molecular weight excluding hydrogens is 1200 g/mol. The molecule has 0 bridgehead atoms. The number of hydrogen-bond acceptors (Lipinski definition) is 13. The van der Waals surface area contributed by atoms with Crippen molar-refractivity contribution < 1.29 is 76.1 Å². The molecule has 1 aromatic rings. The van der Waals surface area contributed by atoms with Gasteiger partial charge in [-0.1, -0.05) is 87.8 Å². The SMILES string of the molecule is CC[C@H](C)[C@@H]1NC(=O)[C@H](C)CC(=O)C[C@H](C)NC(=O)[C@](C)(CC(C)C)NC(=O)[C@H](CC(C)C)NC(=O)[C@H](C(C)O)CCC(C)(C)N(C)C(=O)C(C)(Cc2ccc(C(F)(F)F)cc2)CC(=O)CNC(=O)[C@H]([C@@H](C)O)NC(=O)[C@H](CC(C)C)N(C)C(=O)[C@@H]2CCCN2C1=O. The fourth-order valence-electron chi connectivity index (χ4n) is 12.2. The molecular formula is C67H108F3N9O13. The van der Waals surface area contributed by atoms with Crippen molar-refractivity contribution in [2.45, 2.75) is 254 Å². The second-order valence-corrected chi connectivity index (χ2v) is 28.6. The molecule has 2 aliphatic rings. The van der Waals surface area contributed by atoms with Crippen LogP contribution in [0.3, 0.4) is 0 Å². The number of nitrogens with one attached hydrogen (secondary N) is 6. The molecule has 2 aliphatic heterocycles. The summed E-state index contributed by atoms with van der Waals surface area (Å²) in [5.74, 6) is -10.4. The number of carbonyl (C=O) groups excluding carboxylic acids is 11. The Bertz CT molecular complexity index is 2760. The van der Waals surface area contributed by atoms with Crippen LogP contribution in [0.25, 0.3) is 0 Å². The third-order valence-electron chi connectivity index (χ3n) is 18.1. The Kier molecular flexibility index (Phi) is 29.5. The fraction of sp³-hybridized carbons (Fsp3) is 0.746. The largest absolute Gasteiger partial charge is 0.416 e. The zero-order chi connectivity index (χ0) is 70.3. The van der Waals surface area contributed by atoms with Gasteiger partial charge in [0.15, 0.2) is 5.78 Å². The number of Topliss-reactive ketones (excluding diaryl/α,β-unsaturated/α-hetero) is 2. The Morgan fingerprint density at radius 3 is 1.78 bits per heavy atom. The number of likely N-dealkylation sites (N-methyl/N-ethyl adjacent to an activating group) is 1. The number of aliphatic hydroxyl groups is 2. The molecule has 3 rings (SSSR count). The Hall–Kier alpha value is -6.50. The van der Waals surface area contributed by atoms with Crippen LogP contribution in [0.1, 0.15) is 193 Å². The zero-order valence-electron chi connectivity index (χ0n) is 57.7. The standard InChI is InChI=1S/C67H108F3N9O13/c1-19-40(8)53-61(90)79-28-20-21-51(79)60(89)77(17)52(30-38(4)5)58(87)75-54(44(12)81)59(88)71-36-48(83)35-65(15,34-45-22-24-46(25-23-45)67(68,69)70)63(92)78(18)64(13,14)27-26-49(43(11)80)56(85)73-50(29-37(2)3)57(86)76-66(16,33-39(6)7)62(91)72-42(10)32-47(82)31-41(9)55(84)74-53/h22-25,37-44,49-54,80-81H,19-21,26-36H2,1-18H3,(H,71,88)(H,72,91)(H,73,85)(H,74,84)(H,75,87)(H,76,86)/t40-,41+,42-,43?,44+,49-,50-,51-,52-,53-,54-,65?,66-/m0/s1. The minimum Gasteiger partial charge on any atom is -0.393 e. The van der Waals surface area contributed by atoms with E-state index in [0.717, 1.165) is 12.1 Å². The number of fused-ring (bicyclic) bond motifs is 1. The molecule has 0 aromatic heterocycles. The number of nitrogens with zero attached hydrogens (tertiary/aromatic N) is 3. The summed E-state index contributed by atoms with van der Waals surface area (Å²) in [6, 6.07) is -3.05. The van der Waals surface area contributed by atoms with Crippen LogP contribution in [0.2, 0.25) is 0 Å². The molecule has 2 unspecified atom stereocenters. The molecule has 9 amide bonds. The third kappa shape index (κ3) is 22.6. The van der Waals surface area contributed by atoms with E-state index in [1.165, 1.54) is 75.5 Å². The summed E-state index contributed by atoms with van der Waals surface area (Å²) in [7, 11) is 2.85. The van der Waals surface area contributed by atoms with Gasteiger partial charge < -0.3 is 56.8 Å². The Morgan fingerprint density at radius 2 is 1.25 bits per heavy atom. The maximum atomic E-state index is 15.1. The van der Waals surface area contributed by atoms with E-state index in [1.807, 2.05) is 34.6 Å². The summed E-state index contributed by atoms with van der Waals surface area (Å²) in [6.45, 7) is 26.1. The first kappa shape index (κ1) is 79.7. The van der Waals surface area contributed by atoms with Gasteiger partial charge in [-0.15, -0.1) is 0 Å². The molecule has 22 nitrogen and oxygen atoms in total. The highest BCUT2D eigenvalue weighted by Gasteiger charge is 2.46. The quantitative estimate of drug-likeness (QED) is 0.127. The van der Waals surface area contributed by atoms with E-state index in [4.69, 9.17) is 0 Å². The minimum absolute atomic E-state index is 0.0465. The van der Waals surface area contributed by atoms with Crippen molar-refractivity contribution in [3.8, 4) is 0 Å². The summed E-state index contributed by atoms with van der Waals surface area (Å²) < 4.78 is 41.2. The number of carbonyl (C=O) groups is 11. The van der Waals surface area contributed by atoms with Crippen molar-refractivity contribution in [2.75, 3.05) is 27.2 Å². The highest BCUT2D eigenvalue weighted by molar-refractivity contribution is 5.98. The molecule has 1 aromatic carbocycles. The monoisotopic (exact) mass is 1300 g/mol. The van der Waals surface area contributed by atoms with E-state index in [2.05, 4.69) is 31.9 Å². The van der Waals surface area contributed by atoms with Crippen LogP contribution in [0.15, 0.2) is 24.3 Å². The highest BCUT2D eigenvalue weighted by Crippen LogP contribution is 2.36. The normalized spacial score (nSPS) is 29.0. The maximum Gasteiger partial charge on any atom is 0.416 e. The average molecular weight is 1300 g/mol. The lowest BCUT2D eigenvalue weighted by Gasteiger charge is -2.42. The van der Waals surface area contributed by atoms with Gasteiger partial charge in [-0.05, 0) is 134 Å². The van der Waals surface area contributed by atoms with Crippen LogP contribution < -0.4 is 31.9 Å². The maximum absolute atomic E-state index is 15.1. The van der Waals surface area contributed by atoms with E-state index >= 15 is 4.79 Å². The number of benzene rings is 1. The predicted molar refractivity (Wildman–Crippen MR) is 341 cm³/mol. The van der Waals surface area contributed by atoms with Crippen molar-refractivity contribution in [3.63, 3.8) is 0 Å². The van der Waals surface area contributed by atoms with Crippen molar-refractivity contribution in [2.24, 2.45) is 40.9 Å². The topological polar surface area (TPSA) is 310 Å². The van der Waals surface area contributed by atoms with E-state index in [-0.39, 0.29) is 93.4 Å². The molecule has 8 N–H and O–H groups in total. The molecule has 0 spiro atoms. The molecule has 2 saturated heterocycles. The molecule has 520 valence electrons. The van der Waals surface area contributed by atoms with Crippen LogP contribution in [0.4, 0.5) is 13.2 Å². The van der Waals surface area contributed by atoms with Crippen LogP contribution in [0, 0.1) is 40.9 Å². The van der Waals surface area contributed by atoms with Crippen molar-refractivity contribution in [3.05, 3.63) is 35.4 Å². The van der Waals surface area contributed by atoms with Crippen molar-refractivity contribution in [1.29, 1.82) is 0 Å². The lowest BCUT2D eigenvalue weighted by Crippen LogP contribution is -2.62. The number of rotatable bonds is 12. The van der Waals surface area contributed by atoms with Gasteiger partial charge in [0.05, 0.1) is 35.6 Å². The number of ketones is 2. The van der Waals surface area contributed by atoms with E-state index < -0.39 is 166 Å². The Morgan fingerprint density at radius 1 is 0.663 bits per heavy atom. The Labute approximate surface area is 542 Å². The van der Waals surface area contributed by atoms with E-state index in [0.29, 0.717) is 12.8 Å². The molecule has 13 atom stereocenters. The highest BCUT2D eigenvalue weighted by atomic mass is 19.4. The summed E-state index contributed by atoms with van der Waals surface area (Å²) in [5.41, 5.74) is -5.14. The van der Waals surface area contributed by atoms with Gasteiger partial charge in [0, 0.05) is 57.4 Å². The molecule has 2 heterocycles. The number of hydrogen-bond donors (Lipinski definition) is 8. The summed E-state index contributed by atoms with van der Waals surface area (Å²) >= 11 is 0. The summed E-state index contributed by atoms with van der Waals surface area (Å²) in [5, 5.41) is 38.5. The first-order valence-electron chi connectivity index (χ1n) is 32.6. The van der Waals surface area contributed by atoms with Crippen LogP contribution in [0.5, 0.6) is 0 Å². The molecule has 0 aliphatic carbocycles. The number of aliphatic hydroxyl groups excluding tert-OH is 2. The molecule has 0 radical (unpaired) electrons.